The summed E-state index contributed by atoms with van der Waals surface area (Å²) in [6.45, 7) is 0.569. The molecular formula is C13H15N3O2. The second kappa shape index (κ2) is 5.86. The van der Waals surface area contributed by atoms with Gasteiger partial charge in [-0.15, -0.1) is 0 Å². The third-order valence-corrected chi connectivity index (χ3v) is 2.55. The monoisotopic (exact) mass is 245 g/mol. The molecule has 1 aromatic carbocycles. The van der Waals surface area contributed by atoms with Crippen molar-refractivity contribution in [2.24, 2.45) is 0 Å². The van der Waals surface area contributed by atoms with Gasteiger partial charge < -0.3 is 15.4 Å². The Hall–Kier alpha value is -2.30. The summed E-state index contributed by atoms with van der Waals surface area (Å²) < 4.78 is 0. The number of nitrogens with zero attached hydrogens (tertiary/aromatic N) is 1. The summed E-state index contributed by atoms with van der Waals surface area (Å²) in [5, 5.41) is 12.1. The Morgan fingerprint density at radius 3 is 3.06 bits per heavy atom. The fourth-order valence-electron chi connectivity index (χ4n) is 1.67. The molecule has 5 nitrogen and oxygen atoms in total. The first-order valence-corrected chi connectivity index (χ1v) is 5.76. The minimum Gasteiger partial charge on any atom is -0.508 e. The Morgan fingerprint density at radius 1 is 1.44 bits per heavy atom. The number of benzene rings is 1. The van der Waals surface area contributed by atoms with E-state index in [2.05, 4.69) is 15.3 Å². The maximum Gasteiger partial charge on any atom is 0.224 e. The van der Waals surface area contributed by atoms with Gasteiger partial charge in [0.2, 0.25) is 5.91 Å². The van der Waals surface area contributed by atoms with Crippen LogP contribution in [0.5, 0.6) is 5.75 Å². The number of H-pyrrole nitrogens is 1. The third-order valence-electron chi connectivity index (χ3n) is 2.55. The molecule has 3 N–H and O–H groups in total. The molecule has 0 radical (unpaired) electrons. The number of imidazole rings is 1. The van der Waals surface area contributed by atoms with Gasteiger partial charge in [-0.05, 0) is 17.7 Å². The van der Waals surface area contributed by atoms with Crippen LogP contribution in [0.15, 0.2) is 36.8 Å². The zero-order chi connectivity index (χ0) is 12.8. The van der Waals surface area contributed by atoms with Crippen LogP contribution < -0.4 is 5.32 Å². The molecule has 0 fully saturated rings. The molecule has 0 unspecified atom stereocenters. The quantitative estimate of drug-likeness (QED) is 0.735. The third kappa shape index (κ3) is 3.62. The van der Waals surface area contributed by atoms with E-state index in [4.69, 9.17) is 0 Å². The number of rotatable bonds is 5. The molecule has 1 heterocycles. The van der Waals surface area contributed by atoms with Crippen LogP contribution in [-0.2, 0) is 17.6 Å². The maximum atomic E-state index is 11.6. The van der Waals surface area contributed by atoms with E-state index < -0.39 is 0 Å². The van der Waals surface area contributed by atoms with Gasteiger partial charge in [0.25, 0.3) is 0 Å². The van der Waals surface area contributed by atoms with E-state index in [-0.39, 0.29) is 18.1 Å². The molecule has 0 saturated carbocycles. The normalized spacial score (nSPS) is 10.2. The van der Waals surface area contributed by atoms with Gasteiger partial charge in [0, 0.05) is 24.9 Å². The van der Waals surface area contributed by atoms with Crippen molar-refractivity contribution in [3.05, 3.63) is 48.0 Å². The molecule has 2 rings (SSSR count). The number of phenolic OH excluding ortho intramolecular Hbond substituents is 1. The van der Waals surface area contributed by atoms with E-state index in [9.17, 15) is 9.90 Å². The topological polar surface area (TPSA) is 78.0 Å². The average Bonchev–Trinajstić information content (AvgIpc) is 2.82. The van der Waals surface area contributed by atoms with Gasteiger partial charge in [-0.2, -0.15) is 0 Å². The summed E-state index contributed by atoms with van der Waals surface area (Å²) >= 11 is 0. The van der Waals surface area contributed by atoms with Gasteiger partial charge in [-0.3, -0.25) is 4.79 Å². The highest BCUT2D eigenvalue weighted by Crippen LogP contribution is 2.11. The van der Waals surface area contributed by atoms with Crippen LogP contribution in [0.25, 0.3) is 0 Å². The van der Waals surface area contributed by atoms with Crippen LogP contribution >= 0.6 is 0 Å². The standard InChI is InChI=1S/C13H15N3O2/c17-12-3-1-2-10(6-12)7-13(18)15-5-4-11-8-14-9-16-11/h1-3,6,8-9,17H,4-5,7H2,(H,14,16)(H,15,18). The van der Waals surface area contributed by atoms with Crippen molar-refractivity contribution in [1.29, 1.82) is 0 Å². The van der Waals surface area contributed by atoms with Gasteiger partial charge in [-0.1, -0.05) is 12.1 Å². The number of aromatic amines is 1. The zero-order valence-electron chi connectivity index (χ0n) is 9.89. The molecule has 0 atom stereocenters. The van der Waals surface area contributed by atoms with Crippen molar-refractivity contribution >= 4 is 5.91 Å². The number of aromatic hydroxyl groups is 1. The van der Waals surface area contributed by atoms with Crippen molar-refractivity contribution in [3.63, 3.8) is 0 Å². The summed E-state index contributed by atoms with van der Waals surface area (Å²) in [7, 11) is 0. The number of aromatic nitrogens is 2. The summed E-state index contributed by atoms with van der Waals surface area (Å²) in [5.41, 5.74) is 1.79. The Bertz CT molecular complexity index is 509. The lowest BCUT2D eigenvalue weighted by atomic mass is 10.1. The lowest BCUT2D eigenvalue weighted by Crippen LogP contribution is -2.27. The molecule has 2 aromatic rings. The molecule has 18 heavy (non-hydrogen) atoms. The highest BCUT2D eigenvalue weighted by Gasteiger charge is 2.03. The Morgan fingerprint density at radius 2 is 2.33 bits per heavy atom. The predicted molar refractivity (Wildman–Crippen MR) is 67.1 cm³/mol. The number of carbonyl (C=O) groups is 1. The van der Waals surface area contributed by atoms with E-state index in [1.54, 1.807) is 30.7 Å². The lowest BCUT2D eigenvalue weighted by Gasteiger charge is -2.04. The summed E-state index contributed by atoms with van der Waals surface area (Å²) in [6.07, 6.45) is 4.36. The van der Waals surface area contributed by atoms with E-state index in [1.807, 2.05) is 6.07 Å². The molecule has 0 aliphatic rings. The Balaban J connectivity index is 1.75. The van der Waals surface area contributed by atoms with Gasteiger partial charge in [0.1, 0.15) is 5.75 Å². The molecule has 5 heteroatoms. The summed E-state index contributed by atoms with van der Waals surface area (Å²) in [4.78, 5) is 18.5. The van der Waals surface area contributed by atoms with Gasteiger partial charge in [0.15, 0.2) is 0 Å². The van der Waals surface area contributed by atoms with Gasteiger partial charge >= 0.3 is 0 Å². The number of hydrogen-bond acceptors (Lipinski definition) is 3. The van der Waals surface area contributed by atoms with Gasteiger partial charge in [0.05, 0.1) is 12.7 Å². The first-order chi connectivity index (χ1) is 8.74. The lowest BCUT2D eigenvalue weighted by molar-refractivity contribution is -0.120. The van der Waals surface area contributed by atoms with Crippen LogP contribution in [0.3, 0.4) is 0 Å². The second-order valence-electron chi connectivity index (χ2n) is 4.02. The molecular weight excluding hydrogens is 230 g/mol. The van der Waals surface area contributed by atoms with Crippen LogP contribution in [0.1, 0.15) is 11.3 Å². The first-order valence-electron chi connectivity index (χ1n) is 5.76. The van der Waals surface area contributed by atoms with E-state index in [0.717, 1.165) is 17.7 Å². The molecule has 0 spiro atoms. The Labute approximate surface area is 105 Å². The van der Waals surface area contributed by atoms with Crippen LogP contribution in [0, 0.1) is 0 Å². The fraction of sp³-hybridized carbons (Fsp3) is 0.231. The number of phenols is 1. The second-order valence-corrected chi connectivity index (χ2v) is 4.02. The van der Waals surface area contributed by atoms with E-state index in [0.29, 0.717) is 6.54 Å². The number of hydrogen-bond donors (Lipinski definition) is 3. The highest BCUT2D eigenvalue weighted by atomic mass is 16.3. The van der Waals surface area contributed by atoms with Crippen molar-refractivity contribution in [2.75, 3.05) is 6.54 Å². The molecule has 0 aliphatic carbocycles. The largest absolute Gasteiger partial charge is 0.508 e. The zero-order valence-corrected chi connectivity index (χ0v) is 9.89. The average molecular weight is 245 g/mol. The predicted octanol–water partition coefficient (Wildman–Crippen LogP) is 1.02. The molecule has 0 saturated heterocycles. The molecule has 1 amide bonds. The molecule has 94 valence electrons. The summed E-state index contributed by atoms with van der Waals surface area (Å²) in [5.74, 6) is 0.123. The minimum atomic E-state index is -0.0554. The van der Waals surface area contributed by atoms with Crippen LogP contribution in [-0.4, -0.2) is 27.5 Å². The number of carbonyl (C=O) groups excluding carboxylic acids is 1. The Kier molecular flexibility index (Phi) is 3.96. The highest BCUT2D eigenvalue weighted by molar-refractivity contribution is 5.78. The van der Waals surface area contributed by atoms with Crippen LogP contribution in [0.2, 0.25) is 0 Å². The van der Waals surface area contributed by atoms with Crippen molar-refractivity contribution < 1.29 is 9.90 Å². The number of nitrogens with one attached hydrogen (secondary N) is 2. The van der Waals surface area contributed by atoms with Crippen molar-refractivity contribution in [3.8, 4) is 5.75 Å². The van der Waals surface area contributed by atoms with E-state index in [1.165, 1.54) is 0 Å². The fourth-order valence-corrected chi connectivity index (χ4v) is 1.67. The van der Waals surface area contributed by atoms with Gasteiger partial charge in [-0.25, -0.2) is 4.98 Å². The van der Waals surface area contributed by atoms with E-state index >= 15 is 0 Å². The maximum absolute atomic E-state index is 11.6. The summed E-state index contributed by atoms with van der Waals surface area (Å²) in [6, 6.07) is 6.71. The van der Waals surface area contributed by atoms with Crippen molar-refractivity contribution in [2.45, 2.75) is 12.8 Å². The first kappa shape index (κ1) is 12.2. The smallest absolute Gasteiger partial charge is 0.224 e. The van der Waals surface area contributed by atoms with Crippen molar-refractivity contribution in [1.82, 2.24) is 15.3 Å². The molecule has 0 aliphatic heterocycles. The molecule has 0 bridgehead atoms. The minimum absolute atomic E-state index is 0.0554. The van der Waals surface area contributed by atoms with Crippen LogP contribution in [0.4, 0.5) is 0 Å². The number of amides is 1. The SMILES string of the molecule is O=C(Cc1cccc(O)c1)NCCc1cnc[nH]1. The molecule has 1 aromatic heterocycles.